The largest absolute Gasteiger partial charge is 0.465 e. The highest BCUT2D eigenvalue weighted by Crippen LogP contribution is 1.99. The van der Waals surface area contributed by atoms with Crippen LogP contribution in [0, 0.1) is 0 Å². The normalized spacial score (nSPS) is 10.6. The third-order valence-corrected chi connectivity index (χ3v) is 3.88. The molecule has 11 heteroatoms. The molecule has 0 bridgehead atoms. The Hall–Kier alpha value is -2.27. The Morgan fingerprint density at radius 3 is 1.62 bits per heavy atom. The second-order valence-corrected chi connectivity index (χ2v) is 5.98. The second kappa shape index (κ2) is 13.0. The van der Waals surface area contributed by atoms with Crippen molar-refractivity contribution in [1.29, 1.82) is 0 Å². The summed E-state index contributed by atoms with van der Waals surface area (Å²) in [5, 5.41) is 36.0. The Morgan fingerprint density at radius 2 is 1.15 bits per heavy atom. The molecule has 0 aromatic heterocycles. The SMILES string of the molecule is CN(CCCO)CCN(CCN(CCCN(C)C(=O)O)C(=O)O)C(=O)O. The Kier molecular flexibility index (Phi) is 11.9. The standard InChI is InChI=1S/C15H30N4O7/c1-16(5-4-12-20)8-9-19(15(25)26)11-10-18(14(23)24)7-3-6-17(2)13(21)22/h20H,3-12H2,1-2H3,(H,21,22)(H,23,24)(H,25,26). The van der Waals surface area contributed by atoms with Gasteiger partial charge in [-0.25, -0.2) is 14.4 Å². The molecule has 0 rings (SSSR count). The van der Waals surface area contributed by atoms with Gasteiger partial charge in [0.25, 0.3) is 0 Å². The first-order valence-corrected chi connectivity index (χ1v) is 8.38. The van der Waals surface area contributed by atoms with Crippen molar-refractivity contribution in [3.05, 3.63) is 0 Å². The quantitative estimate of drug-likeness (QED) is 0.357. The summed E-state index contributed by atoms with van der Waals surface area (Å²) in [6.45, 7) is 1.77. The minimum absolute atomic E-state index is 0.0127. The van der Waals surface area contributed by atoms with Crippen LogP contribution in [0.5, 0.6) is 0 Å². The van der Waals surface area contributed by atoms with Crippen LogP contribution < -0.4 is 0 Å². The van der Waals surface area contributed by atoms with Gasteiger partial charge in [0.15, 0.2) is 0 Å². The first-order valence-electron chi connectivity index (χ1n) is 8.38. The zero-order valence-electron chi connectivity index (χ0n) is 15.4. The molecule has 152 valence electrons. The molecule has 0 saturated carbocycles. The van der Waals surface area contributed by atoms with Gasteiger partial charge >= 0.3 is 18.3 Å². The van der Waals surface area contributed by atoms with E-state index in [-0.39, 0.29) is 39.3 Å². The average Bonchev–Trinajstić information content (AvgIpc) is 2.57. The van der Waals surface area contributed by atoms with E-state index in [4.69, 9.17) is 10.2 Å². The van der Waals surface area contributed by atoms with E-state index >= 15 is 0 Å². The van der Waals surface area contributed by atoms with Crippen molar-refractivity contribution in [2.75, 3.05) is 66.5 Å². The van der Waals surface area contributed by atoms with Gasteiger partial charge < -0.3 is 40.0 Å². The van der Waals surface area contributed by atoms with Crippen molar-refractivity contribution in [2.45, 2.75) is 12.8 Å². The van der Waals surface area contributed by atoms with Gasteiger partial charge in [-0.3, -0.25) is 0 Å². The molecule has 0 aromatic carbocycles. The highest BCUT2D eigenvalue weighted by Gasteiger charge is 2.17. The number of likely N-dealkylation sites (N-methyl/N-ethyl adjacent to an activating group) is 1. The molecule has 4 N–H and O–H groups in total. The number of carboxylic acid groups (broad SMARTS) is 3. The Bertz CT molecular complexity index is 450. The van der Waals surface area contributed by atoms with Crippen LogP contribution in [-0.4, -0.2) is 125 Å². The van der Waals surface area contributed by atoms with E-state index in [1.54, 1.807) is 0 Å². The summed E-state index contributed by atoms with van der Waals surface area (Å²) in [4.78, 5) is 38.5. The predicted molar refractivity (Wildman–Crippen MR) is 93.7 cm³/mol. The van der Waals surface area contributed by atoms with E-state index in [0.717, 1.165) is 14.7 Å². The fraction of sp³-hybridized carbons (Fsp3) is 0.800. The van der Waals surface area contributed by atoms with Crippen LogP contribution in [-0.2, 0) is 0 Å². The van der Waals surface area contributed by atoms with Gasteiger partial charge in [-0.05, 0) is 19.9 Å². The Morgan fingerprint density at radius 1 is 0.654 bits per heavy atom. The number of amides is 3. The molecule has 0 aliphatic heterocycles. The molecule has 0 radical (unpaired) electrons. The van der Waals surface area contributed by atoms with Crippen LogP contribution in [0.2, 0.25) is 0 Å². The first-order chi connectivity index (χ1) is 12.2. The maximum atomic E-state index is 11.3. The Balaban J connectivity index is 4.40. The van der Waals surface area contributed by atoms with E-state index in [2.05, 4.69) is 0 Å². The summed E-state index contributed by atoms with van der Waals surface area (Å²) < 4.78 is 0. The smallest absolute Gasteiger partial charge is 0.407 e. The topological polar surface area (TPSA) is 145 Å². The van der Waals surface area contributed by atoms with E-state index in [1.807, 2.05) is 11.9 Å². The molecule has 0 aliphatic carbocycles. The third-order valence-electron chi connectivity index (χ3n) is 3.88. The van der Waals surface area contributed by atoms with Gasteiger partial charge in [0.1, 0.15) is 0 Å². The minimum Gasteiger partial charge on any atom is -0.465 e. The zero-order valence-corrected chi connectivity index (χ0v) is 15.4. The van der Waals surface area contributed by atoms with Crippen molar-refractivity contribution >= 4 is 18.3 Å². The van der Waals surface area contributed by atoms with Gasteiger partial charge in [-0.15, -0.1) is 0 Å². The molecule has 0 aromatic rings. The number of aliphatic hydroxyl groups is 1. The molecule has 3 amide bonds. The molecule has 0 spiro atoms. The summed E-state index contributed by atoms with van der Waals surface area (Å²) in [5.74, 6) is 0. The molecular weight excluding hydrogens is 348 g/mol. The minimum atomic E-state index is -1.17. The molecule has 0 unspecified atom stereocenters. The van der Waals surface area contributed by atoms with Crippen LogP contribution in [0.1, 0.15) is 12.8 Å². The van der Waals surface area contributed by atoms with E-state index in [9.17, 15) is 24.6 Å². The maximum absolute atomic E-state index is 11.3. The monoisotopic (exact) mass is 378 g/mol. The van der Waals surface area contributed by atoms with Crippen molar-refractivity contribution in [2.24, 2.45) is 0 Å². The van der Waals surface area contributed by atoms with Crippen LogP contribution in [0.4, 0.5) is 14.4 Å². The number of nitrogens with zero attached hydrogens (tertiary/aromatic N) is 4. The predicted octanol–water partition coefficient (Wildman–Crippen LogP) is 0.261. The van der Waals surface area contributed by atoms with Crippen molar-refractivity contribution in [1.82, 2.24) is 19.6 Å². The molecular formula is C15H30N4O7. The molecule has 0 saturated heterocycles. The second-order valence-electron chi connectivity index (χ2n) is 5.98. The van der Waals surface area contributed by atoms with Crippen LogP contribution >= 0.6 is 0 Å². The molecule has 0 aliphatic rings. The first kappa shape index (κ1) is 23.7. The summed E-state index contributed by atoms with van der Waals surface area (Å²) in [6.07, 6.45) is -2.47. The maximum Gasteiger partial charge on any atom is 0.407 e. The summed E-state index contributed by atoms with van der Waals surface area (Å²) >= 11 is 0. The van der Waals surface area contributed by atoms with Crippen LogP contribution in [0.15, 0.2) is 0 Å². The summed E-state index contributed by atoms with van der Waals surface area (Å²) in [6, 6.07) is 0. The Labute approximate surface area is 153 Å². The number of rotatable bonds is 13. The van der Waals surface area contributed by atoms with Gasteiger partial charge in [0, 0.05) is 59.5 Å². The van der Waals surface area contributed by atoms with Gasteiger partial charge in [0.2, 0.25) is 0 Å². The zero-order chi connectivity index (χ0) is 20.1. The van der Waals surface area contributed by atoms with Crippen molar-refractivity contribution < 1.29 is 34.8 Å². The summed E-state index contributed by atoms with van der Waals surface area (Å²) in [5.41, 5.74) is 0. The number of carbonyl (C=O) groups is 3. The number of hydrogen-bond donors (Lipinski definition) is 4. The van der Waals surface area contributed by atoms with Crippen molar-refractivity contribution in [3.63, 3.8) is 0 Å². The van der Waals surface area contributed by atoms with Crippen molar-refractivity contribution in [3.8, 4) is 0 Å². The fourth-order valence-corrected chi connectivity index (χ4v) is 2.19. The van der Waals surface area contributed by atoms with E-state index in [1.165, 1.54) is 7.05 Å². The number of aliphatic hydroxyl groups excluding tert-OH is 1. The number of hydrogen-bond acceptors (Lipinski definition) is 5. The lowest BCUT2D eigenvalue weighted by Gasteiger charge is -2.26. The van der Waals surface area contributed by atoms with Gasteiger partial charge in [-0.1, -0.05) is 0 Å². The molecule has 11 nitrogen and oxygen atoms in total. The molecule has 0 fully saturated rings. The molecule has 0 atom stereocenters. The highest BCUT2D eigenvalue weighted by atomic mass is 16.4. The molecule has 26 heavy (non-hydrogen) atoms. The lowest BCUT2D eigenvalue weighted by molar-refractivity contribution is 0.116. The van der Waals surface area contributed by atoms with Gasteiger partial charge in [-0.2, -0.15) is 0 Å². The highest BCUT2D eigenvalue weighted by molar-refractivity contribution is 5.66. The van der Waals surface area contributed by atoms with Crippen LogP contribution in [0.25, 0.3) is 0 Å². The van der Waals surface area contributed by atoms with Crippen LogP contribution in [0.3, 0.4) is 0 Å². The summed E-state index contributed by atoms with van der Waals surface area (Å²) in [7, 11) is 3.21. The van der Waals surface area contributed by atoms with E-state index in [0.29, 0.717) is 25.9 Å². The average molecular weight is 378 g/mol. The third kappa shape index (κ3) is 10.6. The van der Waals surface area contributed by atoms with E-state index < -0.39 is 18.3 Å². The van der Waals surface area contributed by atoms with Gasteiger partial charge in [0.05, 0.1) is 0 Å². The lowest BCUT2D eigenvalue weighted by Crippen LogP contribution is -2.43. The molecule has 0 heterocycles. The lowest BCUT2D eigenvalue weighted by atomic mass is 10.3. The fourth-order valence-electron chi connectivity index (χ4n) is 2.19.